The molecule has 1 atom stereocenters. The van der Waals surface area contributed by atoms with Gasteiger partial charge in [0.15, 0.2) is 6.10 Å². The van der Waals surface area contributed by atoms with Crippen LogP contribution in [0.2, 0.25) is 0 Å². The third-order valence-electron chi connectivity index (χ3n) is 1.87. The highest BCUT2D eigenvalue weighted by Gasteiger charge is 2.16. The highest BCUT2D eigenvalue weighted by atomic mass is 16.6. The largest absolute Gasteiger partial charge is 0.458 e. The van der Waals surface area contributed by atoms with Gasteiger partial charge in [-0.25, -0.2) is 14.4 Å². The van der Waals surface area contributed by atoms with Gasteiger partial charge in [0, 0.05) is 18.2 Å². The zero-order chi connectivity index (χ0) is 18.3. The van der Waals surface area contributed by atoms with Crippen LogP contribution in [0, 0.1) is 0 Å². The monoisotopic (exact) mass is 330 g/mol. The third kappa shape index (κ3) is 15.8. The molecule has 0 bridgehead atoms. The first kappa shape index (κ1) is 22.8. The summed E-state index contributed by atoms with van der Waals surface area (Å²) in [7, 11) is 0. The summed E-state index contributed by atoms with van der Waals surface area (Å²) in [6.45, 7) is 10.5. The predicted molar refractivity (Wildman–Crippen MR) is 81.2 cm³/mol. The minimum absolute atomic E-state index is 0.139. The average molecular weight is 330 g/mol. The minimum Gasteiger partial charge on any atom is -0.458 e. The summed E-state index contributed by atoms with van der Waals surface area (Å²) in [4.78, 5) is 32.7. The Kier molecular flexibility index (Phi) is 14.4. The maximum atomic E-state index is 11.0. The fourth-order valence-corrected chi connectivity index (χ4v) is 0.797. The molecule has 0 saturated heterocycles. The average Bonchev–Trinajstić information content (AvgIpc) is 2.56. The number of esters is 3. The molecule has 0 aliphatic carbocycles. The Morgan fingerprint density at radius 3 is 1.57 bits per heavy atom. The molecule has 2 N–H and O–H groups in total. The Labute approximate surface area is 134 Å². The van der Waals surface area contributed by atoms with Crippen LogP contribution < -0.4 is 0 Å². The highest BCUT2D eigenvalue weighted by Crippen LogP contribution is 1.98. The number of rotatable bonds is 9. The number of aliphatic hydroxyl groups is 2. The summed E-state index contributed by atoms with van der Waals surface area (Å²) in [6.07, 6.45) is 1.39. The predicted octanol–water partition coefficient (Wildman–Crippen LogP) is -0.0979. The van der Waals surface area contributed by atoms with Crippen molar-refractivity contribution in [2.75, 3.05) is 19.8 Å². The van der Waals surface area contributed by atoms with Gasteiger partial charge in [-0.1, -0.05) is 19.7 Å². The molecule has 8 nitrogen and oxygen atoms in total. The zero-order valence-electron chi connectivity index (χ0n) is 13.0. The van der Waals surface area contributed by atoms with E-state index in [2.05, 4.69) is 29.2 Å². The first-order valence-corrected chi connectivity index (χ1v) is 6.51. The number of hydrogen-bond donors (Lipinski definition) is 2. The van der Waals surface area contributed by atoms with Crippen LogP contribution in [0.3, 0.4) is 0 Å². The first-order valence-electron chi connectivity index (χ1n) is 6.51. The topological polar surface area (TPSA) is 119 Å². The molecule has 0 radical (unpaired) electrons. The standard InChI is InChI=1S/C12H14O6.C3H8O2/c1-4-10(13)16-7-9(18-12(15)6-3)8-17-11(14)5-2;1-3(5)2-4/h4-6,9H,1-3,7-8H2;3-5H,2H2,1H3. The normalized spacial score (nSPS) is 10.4. The van der Waals surface area contributed by atoms with Gasteiger partial charge in [-0.2, -0.15) is 0 Å². The molecule has 0 spiro atoms. The molecule has 0 aromatic rings. The van der Waals surface area contributed by atoms with E-state index in [1.54, 1.807) is 0 Å². The molecule has 0 heterocycles. The van der Waals surface area contributed by atoms with E-state index in [4.69, 9.17) is 14.9 Å². The maximum Gasteiger partial charge on any atom is 0.330 e. The van der Waals surface area contributed by atoms with Crippen molar-refractivity contribution in [1.29, 1.82) is 0 Å². The molecule has 0 rings (SSSR count). The quantitative estimate of drug-likeness (QED) is 0.342. The summed E-state index contributed by atoms with van der Waals surface area (Å²) < 4.78 is 14.2. The minimum atomic E-state index is -0.914. The van der Waals surface area contributed by atoms with Gasteiger partial charge in [0.2, 0.25) is 0 Å². The lowest BCUT2D eigenvalue weighted by Crippen LogP contribution is -2.29. The SMILES string of the molecule is C=CC(=O)OCC(COC(=O)C=C)OC(=O)C=C.CC(O)CO. The lowest BCUT2D eigenvalue weighted by Gasteiger charge is -2.16. The fraction of sp³-hybridized carbons (Fsp3) is 0.400. The lowest BCUT2D eigenvalue weighted by molar-refractivity contribution is -0.160. The molecule has 0 aliphatic heterocycles. The Balaban J connectivity index is 0. The molecule has 130 valence electrons. The summed E-state index contributed by atoms with van der Waals surface area (Å²) in [5.41, 5.74) is 0. The van der Waals surface area contributed by atoms with Crippen molar-refractivity contribution in [2.24, 2.45) is 0 Å². The van der Waals surface area contributed by atoms with Crippen LogP contribution in [-0.4, -0.2) is 60.1 Å². The second kappa shape index (κ2) is 14.5. The van der Waals surface area contributed by atoms with Gasteiger partial charge in [0.25, 0.3) is 0 Å². The Bertz CT molecular complexity index is 390. The van der Waals surface area contributed by atoms with Gasteiger partial charge >= 0.3 is 17.9 Å². The van der Waals surface area contributed by atoms with E-state index in [-0.39, 0.29) is 19.8 Å². The second-order valence-electron chi connectivity index (χ2n) is 3.96. The number of carbonyl (C=O) groups excluding carboxylic acids is 3. The van der Waals surface area contributed by atoms with E-state index >= 15 is 0 Å². The van der Waals surface area contributed by atoms with Gasteiger partial charge in [-0.15, -0.1) is 0 Å². The van der Waals surface area contributed by atoms with Crippen LogP contribution >= 0.6 is 0 Å². The van der Waals surface area contributed by atoms with Crippen LogP contribution in [0.4, 0.5) is 0 Å². The summed E-state index contributed by atoms with van der Waals surface area (Å²) in [5, 5.41) is 16.0. The van der Waals surface area contributed by atoms with Gasteiger partial charge in [-0.05, 0) is 6.92 Å². The van der Waals surface area contributed by atoms with Crippen LogP contribution in [-0.2, 0) is 28.6 Å². The molecule has 23 heavy (non-hydrogen) atoms. The van der Waals surface area contributed by atoms with E-state index in [9.17, 15) is 14.4 Å². The third-order valence-corrected chi connectivity index (χ3v) is 1.87. The summed E-state index contributed by atoms with van der Waals surface area (Å²) in [6, 6.07) is 0. The van der Waals surface area contributed by atoms with Crippen molar-refractivity contribution < 1.29 is 38.8 Å². The molecule has 0 amide bonds. The number of carbonyl (C=O) groups is 3. The maximum absolute atomic E-state index is 11.0. The van der Waals surface area contributed by atoms with Crippen molar-refractivity contribution in [3.63, 3.8) is 0 Å². The summed E-state index contributed by atoms with van der Waals surface area (Å²) in [5.74, 6) is -2.07. The lowest BCUT2D eigenvalue weighted by atomic mass is 10.4. The Morgan fingerprint density at radius 2 is 1.30 bits per heavy atom. The van der Waals surface area contributed by atoms with E-state index in [0.29, 0.717) is 0 Å². The van der Waals surface area contributed by atoms with Crippen LogP contribution in [0.15, 0.2) is 38.0 Å². The number of aliphatic hydroxyl groups excluding tert-OH is 2. The molecule has 8 heteroatoms. The van der Waals surface area contributed by atoms with Gasteiger partial charge in [0.05, 0.1) is 12.7 Å². The zero-order valence-corrected chi connectivity index (χ0v) is 13.0. The van der Waals surface area contributed by atoms with E-state index in [1.807, 2.05) is 0 Å². The van der Waals surface area contributed by atoms with Crippen molar-refractivity contribution in [3.8, 4) is 0 Å². The van der Waals surface area contributed by atoms with Gasteiger partial charge in [0.1, 0.15) is 13.2 Å². The molecule has 0 fully saturated rings. The van der Waals surface area contributed by atoms with Crippen molar-refractivity contribution in [1.82, 2.24) is 0 Å². The van der Waals surface area contributed by atoms with Crippen LogP contribution in [0.1, 0.15) is 6.92 Å². The molecular weight excluding hydrogens is 308 g/mol. The highest BCUT2D eigenvalue weighted by molar-refractivity contribution is 5.82. The van der Waals surface area contributed by atoms with Gasteiger partial charge < -0.3 is 24.4 Å². The van der Waals surface area contributed by atoms with E-state index < -0.39 is 30.1 Å². The molecule has 0 aliphatic rings. The first-order chi connectivity index (χ1) is 10.8. The molecule has 0 saturated carbocycles. The van der Waals surface area contributed by atoms with E-state index in [0.717, 1.165) is 18.2 Å². The smallest absolute Gasteiger partial charge is 0.330 e. The number of ether oxygens (including phenoxy) is 3. The molecule has 0 aromatic carbocycles. The number of hydrogen-bond acceptors (Lipinski definition) is 8. The van der Waals surface area contributed by atoms with Crippen molar-refractivity contribution in [3.05, 3.63) is 38.0 Å². The van der Waals surface area contributed by atoms with E-state index in [1.165, 1.54) is 6.92 Å². The second-order valence-corrected chi connectivity index (χ2v) is 3.96. The van der Waals surface area contributed by atoms with Gasteiger partial charge in [-0.3, -0.25) is 0 Å². The van der Waals surface area contributed by atoms with Crippen LogP contribution in [0.25, 0.3) is 0 Å². The molecule has 1 unspecified atom stereocenters. The Hall–Kier alpha value is -2.45. The fourth-order valence-electron chi connectivity index (χ4n) is 0.797. The molecular formula is C15H22O8. The van der Waals surface area contributed by atoms with Crippen molar-refractivity contribution >= 4 is 17.9 Å². The summed E-state index contributed by atoms with van der Waals surface area (Å²) >= 11 is 0. The van der Waals surface area contributed by atoms with Crippen LogP contribution in [0.5, 0.6) is 0 Å². The molecule has 0 aromatic heterocycles. The van der Waals surface area contributed by atoms with Crippen molar-refractivity contribution in [2.45, 2.75) is 19.1 Å². The Morgan fingerprint density at radius 1 is 0.957 bits per heavy atom.